The van der Waals surface area contributed by atoms with Crippen molar-refractivity contribution in [1.82, 2.24) is 9.80 Å². The highest BCUT2D eigenvalue weighted by Crippen LogP contribution is 2.45. The molecule has 3 aromatic rings. The summed E-state index contributed by atoms with van der Waals surface area (Å²) in [5, 5.41) is 0. The van der Waals surface area contributed by atoms with Gasteiger partial charge in [-0.2, -0.15) is 0 Å². The summed E-state index contributed by atoms with van der Waals surface area (Å²) in [7, 11) is 3.19. The van der Waals surface area contributed by atoms with Crippen LogP contribution in [0.25, 0.3) is 0 Å². The second-order valence-corrected chi connectivity index (χ2v) is 9.71. The van der Waals surface area contributed by atoms with Crippen LogP contribution < -0.4 is 9.47 Å². The van der Waals surface area contributed by atoms with Crippen LogP contribution in [-0.2, 0) is 16.0 Å². The van der Waals surface area contributed by atoms with Gasteiger partial charge in [-0.1, -0.05) is 49.4 Å². The Morgan fingerprint density at radius 2 is 1.74 bits per heavy atom. The van der Waals surface area contributed by atoms with Gasteiger partial charge < -0.3 is 19.1 Å². The number of aliphatic imine (C=N–C) groups is 1. The Labute approximate surface area is 228 Å². The molecule has 5 rings (SSSR count). The summed E-state index contributed by atoms with van der Waals surface area (Å²) in [6.45, 7) is 2.86. The lowest BCUT2D eigenvalue weighted by Gasteiger charge is -2.51. The normalized spacial score (nSPS) is 20.7. The Kier molecular flexibility index (Phi) is 7.81. The van der Waals surface area contributed by atoms with Gasteiger partial charge in [-0.25, -0.2) is 4.79 Å². The SMILES string of the molecule is CCCN1C(=O)C(N2C(=O)OCC2Cc2ccc(N=Cc3ccccc3)cc2)C1c1ccc(OC)cc1OC. The third-order valence-electron chi connectivity index (χ3n) is 7.27. The number of rotatable bonds is 10. The van der Waals surface area contributed by atoms with E-state index in [9.17, 15) is 9.59 Å². The first-order valence-electron chi connectivity index (χ1n) is 13.2. The first kappa shape index (κ1) is 26.3. The van der Waals surface area contributed by atoms with E-state index >= 15 is 0 Å². The summed E-state index contributed by atoms with van der Waals surface area (Å²) in [5.74, 6) is 1.21. The summed E-state index contributed by atoms with van der Waals surface area (Å²) in [6.07, 6.45) is 2.74. The Morgan fingerprint density at radius 1 is 0.974 bits per heavy atom. The average molecular weight is 528 g/mol. The molecule has 0 aromatic heterocycles. The molecule has 0 aliphatic carbocycles. The zero-order chi connectivity index (χ0) is 27.4. The van der Waals surface area contributed by atoms with Crippen molar-refractivity contribution in [1.29, 1.82) is 0 Å². The van der Waals surface area contributed by atoms with Crippen molar-refractivity contribution < 1.29 is 23.8 Å². The molecule has 2 amide bonds. The third kappa shape index (κ3) is 5.32. The fraction of sp³-hybridized carbons (Fsp3) is 0.323. The van der Waals surface area contributed by atoms with Gasteiger partial charge in [0.2, 0.25) is 5.91 Å². The maximum absolute atomic E-state index is 13.4. The van der Waals surface area contributed by atoms with Crippen molar-refractivity contribution >= 4 is 23.9 Å². The zero-order valence-electron chi connectivity index (χ0n) is 22.4. The van der Waals surface area contributed by atoms with E-state index in [0.717, 1.165) is 28.8 Å². The molecule has 0 saturated carbocycles. The molecule has 202 valence electrons. The minimum atomic E-state index is -0.659. The summed E-state index contributed by atoms with van der Waals surface area (Å²) in [5.41, 5.74) is 3.76. The minimum absolute atomic E-state index is 0.0748. The lowest BCUT2D eigenvalue weighted by molar-refractivity contribution is -0.158. The number of benzene rings is 3. The van der Waals surface area contributed by atoms with Crippen molar-refractivity contribution in [2.75, 3.05) is 27.4 Å². The number of hydrogen-bond donors (Lipinski definition) is 0. The van der Waals surface area contributed by atoms with E-state index in [4.69, 9.17) is 14.2 Å². The zero-order valence-corrected chi connectivity index (χ0v) is 22.4. The fourth-order valence-electron chi connectivity index (χ4n) is 5.34. The summed E-state index contributed by atoms with van der Waals surface area (Å²) in [4.78, 5) is 34.4. The van der Waals surface area contributed by atoms with E-state index in [2.05, 4.69) is 4.99 Å². The number of cyclic esters (lactones) is 1. The van der Waals surface area contributed by atoms with Crippen LogP contribution in [0.4, 0.5) is 10.5 Å². The second kappa shape index (κ2) is 11.6. The summed E-state index contributed by atoms with van der Waals surface area (Å²) in [6, 6.07) is 22.2. The van der Waals surface area contributed by atoms with Crippen LogP contribution >= 0.6 is 0 Å². The first-order chi connectivity index (χ1) is 19.0. The largest absolute Gasteiger partial charge is 0.497 e. The van der Waals surface area contributed by atoms with Gasteiger partial charge in [0.1, 0.15) is 24.1 Å². The molecule has 3 atom stereocenters. The second-order valence-electron chi connectivity index (χ2n) is 9.71. The maximum Gasteiger partial charge on any atom is 0.410 e. The molecule has 3 aromatic carbocycles. The first-order valence-corrected chi connectivity index (χ1v) is 13.2. The van der Waals surface area contributed by atoms with Crippen LogP contribution in [0.15, 0.2) is 77.8 Å². The van der Waals surface area contributed by atoms with Crippen LogP contribution in [-0.4, -0.2) is 67.5 Å². The Hall–Kier alpha value is -4.33. The molecule has 39 heavy (non-hydrogen) atoms. The van der Waals surface area contributed by atoms with Gasteiger partial charge in [0.15, 0.2) is 0 Å². The number of likely N-dealkylation sites (tertiary alicyclic amines) is 1. The third-order valence-corrected chi connectivity index (χ3v) is 7.27. The number of amides is 2. The van der Waals surface area contributed by atoms with Crippen molar-refractivity contribution in [3.63, 3.8) is 0 Å². The Bertz CT molecular complexity index is 1340. The van der Waals surface area contributed by atoms with E-state index in [0.29, 0.717) is 24.5 Å². The number of hydrogen-bond acceptors (Lipinski definition) is 6. The number of β-lactam (4-membered cyclic amide) rings is 1. The number of ether oxygens (including phenoxy) is 3. The smallest absolute Gasteiger partial charge is 0.410 e. The summed E-state index contributed by atoms with van der Waals surface area (Å²) >= 11 is 0. The topological polar surface area (TPSA) is 80.7 Å². The number of nitrogens with zero attached hydrogens (tertiary/aromatic N) is 3. The van der Waals surface area contributed by atoms with Crippen LogP contribution in [0.5, 0.6) is 11.5 Å². The van der Waals surface area contributed by atoms with Crippen molar-refractivity contribution in [2.24, 2.45) is 4.99 Å². The van der Waals surface area contributed by atoms with Crippen LogP contribution in [0.3, 0.4) is 0 Å². The number of carbonyl (C=O) groups is 2. The maximum atomic E-state index is 13.4. The predicted molar refractivity (Wildman–Crippen MR) is 149 cm³/mol. The highest BCUT2D eigenvalue weighted by molar-refractivity contribution is 5.93. The molecule has 2 saturated heterocycles. The van der Waals surface area contributed by atoms with Crippen LogP contribution in [0, 0.1) is 0 Å². The molecule has 3 unspecified atom stereocenters. The average Bonchev–Trinajstić information content (AvgIpc) is 3.32. The van der Waals surface area contributed by atoms with E-state index in [1.807, 2.05) is 84.8 Å². The standard InChI is InChI=1S/C31H33N3O5/c1-4-16-33-28(26-15-14-25(37-2)18-27(26)38-3)29(30(33)35)34-24(20-39-31(34)36)17-21-10-12-23(13-11-21)32-19-22-8-6-5-7-9-22/h5-15,18-19,24,28-29H,4,16-17,20H2,1-3H3. The van der Waals surface area contributed by atoms with Gasteiger partial charge in [0.25, 0.3) is 0 Å². The molecule has 2 fully saturated rings. The lowest BCUT2D eigenvalue weighted by atomic mass is 9.85. The molecule has 2 aliphatic rings. The highest BCUT2D eigenvalue weighted by atomic mass is 16.6. The van der Waals surface area contributed by atoms with E-state index in [1.165, 1.54) is 0 Å². The summed E-state index contributed by atoms with van der Waals surface area (Å²) < 4.78 is 16.5. The van der Waals surface area contributed by atoms with Gasteiger partial charge in [-0.15, -0.1) is 0 Å². The molecule has 0 bridgehead atoms. The molecular weight excluding hydrogens is 494 g/mol. The molecule has 0 spiro atoms. The van der Waals surface area contributed by atoms with Gasteiger partial charge in [0, 0.05) is 24.4 Å². The molecule has 8 heteroatoms. The molecule has 0 radical (unpaired) electrons. The van der Waals surface area contributed by atoms with Crippen LogP contribution in [0.2, 0.25) is 0 Å². The van der Waals surface area contributed by atoms with Gasteiger partial charge in [0.05, 0.1) is 32.0 Å². The van der Waals surface area contributed by atoms with Crippen molar-refractivity contribution in [3.05, 3.63) is 89.5 Å². The van der Waals surface area contributed by atoms with E-state index < -0.39 is 12.1 Å². The van der Waals surface area contributed by atoms with Gasteiger partial charge in [-0.05, 0) is 48.2 Å². The molecule has 2 heterocycles. The predicted octanol–water partition coefficient (Wildman–Crippen LogP) is 5.18. The van der Waals surface area contributed by atoms with Crippen molar-refractivity contribution in [2.45, 2.75) is 37.9 Å². The molecule has 2 aliphatic heterocycles. The fourth-order valence-corrected chi connectivity index (χ4v) is 5.34. The Balaban J connectivity index is 1.36. The molecule has 0 N–H and O–H groups in total. The highest BCUT2D eigenvalue weighted by Gasteiger charge is 2.56. The quantitative estimate of drug-likeness (QED) is 0.268. The Morgan fingerprint density at radius 3 is 2.44 bits per heavy atom. The van der Waals surface area contributed by atoms with E-state index in [-0.39, 0.29) is 24.6 Å². The van der Waals surface area contributed by atoms with Crippen LogP contribution in [0.1, 0.15) is 36.1 Å². The van der Waals surface area contributed by atoms with Gasteiger partial charge >= 0.3 is 6.09 Å². The lowest BCUT2D eigenvalue weighted by Crippen LogP contribution is -2.67. The minimum Gasteiger partial charge on any atom is -0.497 e. The van der Waals surface area contributed by atoms with Crippen molar-refractivity contribution in [3.8, 4) is 11.5 Å². The monoisotopic (exact) mass is 527 g/mol. The molecule has 8 nitrogen and oxygen atoms in total. The molecular formula is C31H33N3O5. The number of carbonyl (C=O) groups excluding carboxylic acids is 2. The van der Waals surface area contributed by atoms with E-state index in [1.54, 1.807) is 25.2 Å². The number of methoxy groups -OCH3 is 2. The van der Waals surface area contributed by atoms with Gasteiger partial charge in [-0.3, -0.25) is 14.7 Å².